The molecule has 1 heterocycles. The Labute approximate surface area is 63.9 Å². The summed E-state index contributed by atoms with van der Waals surface area (Å²) < 4.78 is 12.8. The molecule has 1 rings (SSSR count). The molecule has 1 nitrogen and oxygen atoms in total. The van der Waals surface area contributed by atoms with Crippen LogP contribution in [0.25, 0.3) is 0 Å². The van der Waals surface area contributed by atoms with E-state index in [4.69, 9.17) is 0 Å². The third-order valence-electron chi connectivity index (χ3n) is 1.33. The standard InChI is InChI=1S/C7H8FNS/c1-2-5-3-6(8)7(10)9-4-5/h3-4H,2H2,1H3,(H,9,10). The van der Waals surface area contributed by atoms with Crippen LogP contribution < -0.4 is 0 Å². The first-order valence-corrected chi connectivity index (χ1v) is 3.52. The number of halogens is 1. The Balaban J connectivity index is 3.17. The number of hydrogen-bond acceptors (Lipinski definition) is 1. The van der Waals surface area contributed by atoms with E-state index in [1.54, 1.807) is 6.20 Å². The van der Waals surface area contributed by atoms with Crippen molar-refractivity contribution in [3.63, 3.8) is 0 Å². The van der Waals surface area contributed by atoms with E-state index >= 15 is 0 Å². The highest BCUT2D eigenvalue weighted by atomic mass is 32.1. The van der Waals surface area contributed by atoms with Crippen LogP contribution in [0.1, 0.15) is 12.5 Å². The van der Waals surface area contributed by atoms with Gasteiger partial charge in [-0.3, -0.25) is 0 Å². The SMILES string of the molecule is CCc1c[nH]c(=S)c(F)c1. The van der Waals surface area contributed by atoms with Gasteiger partial charge in [-0.05, 0) is 18.1 Å². The number of nitrogens with one attached hydrogen (secondary N) is 1. The van der Waals surface area contributed by atoms with Crippen molar-refractivity contribution < 1.29 is 4.39 Å². The van der Waals surface area contributed by atoms with Gasteiger partial charge in [0.05, 0.1) is 0 Å². The molecule has 0 unspecified atom stereocenters. The van der Waals surface area contributed by atoms with Crippen molar-refractivity contribution >= 4 is 12.2 Å². The Kier molecular flexibility index (Phi) is 2.17. The zero-order valence-corrected chi connectivity index (χ0v) is 6.46. The fourth-order valence-corrected chi connectivity index (χ4v) is 0.819. The average Bonchev–Trinajstić information content (AvgIpc) is 1.95. The summed E-state index contributed by atoms with van der Waals surface area (Å²) in [5, 5.41) is 0. The van der Waals surface area contributed by atoms with Gasteiger partial charge in [0, 0.05) is 6.20 Å². The lowest BCUT2D eigenvalue weighted by atomic mass is 10.2. The number of H-pyrrole nitrogens is 1. The van der Waals surface area contributed by atoms with E-state index in [9.17, 15) is 4.39 Å². The van der Waals surface area contributed by atoms with Gasteiger partial charge in [-0.1, -0.05) is 19.1 Å². The highest BCUT2D eigenvalue weighted by Gasteiger charge is 1.93. The van der Waals surface area contributed by atoms with Crippen molar-refractivity contribution in [3.05, 3.63) is 28.3 Å². The molecule has 0 saturated heterocycles. The fraction of sp³-hybridized carbons (Fsp3) is 0.286. The monoisotopic (exact) mass is 157 g/mol. The van der Waals surface area contributed by atoms with Crippen molar-refractivity contribution in [3.8, 4) is 0 Å². The van der Waals surface area contributed by atoms with Gasteiger partial charge >= 0.3 is 0 Å². The summed E-state index contributed by atoms with van der Waals surface area (Å²) in [7, 11) is 0. The third-order valence-corrected chi connectivity index (χ3v) is 1.64. The largest absolute Gasteiger partial charge is 0.350 e. The van der Waals surface area contributed by atoms with Crippen LogP contribution in [-0.2, 0) is 6.42 Å². The molecule has 0 atom stereocenters. The molecule has 1 aromatic rings. The Bertz CT molecular complexity index is 279. The number of aryl methyl sites for hydroxylation is 1. The van der Waals surface area contributed by atoms with E-state index in [1.165, 1.54) is 6.07 Å². The number of hydrogen-bond donors (Lipinski definition) is 1. The lowest BCUT2D eigenvalue weighted by molar-refractivity contribution is 0.614. The number of pyridine rings is 1. The van der Waals surface area contributed by atoms with E-state index in [0.29, 0.717) is 0 Å². The normalized spacial score (nSPS) is 9.80. The van der Waals surface area contributed by atoms with Crippen molar-refractivity contribution in [1.29, 1.82) is 0 Å². The summed E-state index contributed by atoms with van der Waals surface area (Å²) >= 11 is 4.63. The van der Waals surface area contributed by atoms with Crippen molar-refractivity contribution in [2.75, 3.05) is 0 Å². The van der Waals surface area contributed by atoms with E-state index in [0.717, 1.165) is 12.0 Å². The second-order valence-electron chi connectivity index (χ2n) is 2.04. The molecule has 0 aliphatic heterocycles. The van der Waals surface area contributed by atoms with Gasteiger partial charge in [0.15, 0.2) is 5.82 Å². The van der Waals surface area contributed by atoms with Gasteiger partial charge in [0.25, 0.3) is 0 Å². The number of aromatic nitrogens is 1. The van der Waals surface area contributed by atoms with E-state index < -0.39 is 0 Å². The molecule has 0 aromatic carbocycles. The molecule has 0 amide bonds. The quantitative estimate of drug-likeness (QED) is 0.619. The fourth-order valence-electron chi connectivity index (χ4n) is 0.701. The van der Waals surface area contributed by atoms with E-state index in [1.807, 2.05) is 6.92 Å². The topological polar surface area (TPSA) is 15.8 Å². The summed E-state index contributed by atoms with van der Waals surface area (Å²) in [6.45, 7) is 1.96. The molecule has 3 heteroatoms. The smallest absolute Gasteiger partial charge is 0.158 e. The minimum absolute atomic E-state index is 0.178. The first-order valence-electron chi connectivity index (χ1n) is 3.11. The zero-order chi connectivity index (χ0) is 7.56. The van der Waals surface area contributed by atoms with Crippen LogP contribution in [0, 0.1) is 10.5 Å². The van der Waals surface area contributed by atoms with Crippen LogP contribution in [0.3, 0.4) is 0 Å². The second-order valence-corrected chi connectivity index (χ2v) is 2.45. The van der Waals surface area contributed by atoms with Crippen molar-refractivity contribution in [1.82, 2.24) is 4.98 Å². The maximum atomic E-state index is 12.6. The summed E-state index contributed by atoms with van der Waals surface area (Å²) in [5.74, 6) is -0.339. The molecular formula is C7H8FNS. The molecule has 0 fully saturated rings. The Hall–Kier alpha value is -0.700. The van der Waals surface area contributed by atoms with Crippen molar-refractivity contribution in [2.45, 2.75) is 13.3 Å². The maximum absolute atomic E-state index is 12.6. The Morgan fingerprint density at radius 1 is 1.70 bits per heavy atom. The van der Waals surface area contributed by atoms with Gasteiger partial charge in [-0.15, -0.1) is 0 Å². The highest BCUT2D eigenvalue weighted by Crippen LogP contribution is 2.02. The highest BCUT2D eigenvalue weighted by molar-refractivity contribution is 7.71. The van der Waals surface area contributed by atoms with Crippen molar-refractivity contribution in [2.24, 2.45) is 0 Å². The minimum atomic E-state index is -0.339. The van der Waals surface area contributed by atoms with E-state index in [2.05, 4.69) is 17.2 Å². The molecule has 1 N–H and O–H groups in total. The molecule has 1 aromatic heterocycles. The van der Waals surface area contributed by atoms with Crippen LogP contribution in [0.2, 0.25) is 0 Å². The molecule has 0 saturated carbocycles. The zero-order valence-electron chi connectivity index (χ0n) is 5.65. The summed E-state index contributed by atoms with van der Waals surface area (Å²) in [5.41, 5.74) is 0.936. The molecule has 0 bridgehead atoms. The van der Waals surface area contributed by atoms with Gasteiger partial charge < -0.3 is 4.98 Å². The lowest BCUT2D eigenvalue weighted by Crippen LogP contribution is -1.86. The summed E-state index contributed by atoms with van der Waals surface area (Å²) in [6, 6.07) is 1.46. The molecular weight excluding hydrogens is 149 g/mol. The molecule has 10 heavy (non-hydrogen) atoms. The van der Waals surface area contributed by atoms with Crippen LogP contribution in [-0.4, -0.2) is 4.98 Å². The first-order chi connectivity index (χ1) is 4.74. The van der Waals surface area contributed by atoms with Crippen LogP contribution in [0.15, 0.2) is 12.3 Å². The average molecular weight is 157 g/mol. The summed E-state index contributed by atoms with van der Waals surface area (Å²) in [6.07, 6.45) is 2.55. The maximum Gasteiger partial charge on any atom is 0.158 e. The number of aromatic amines is 1. The first kappa shape index (κ1) is 7.41. The lowest BCUT2D eigenvalue weighted by Gasteiger charge is -1.94. The molecule has 0 spiro atoms. The number of rotatable bonds is 1. The van der Waals surface area contributed by atoms with Crippen LogP contribution in [0.5, 0.6) is 0 Å². The van der Waals surface area contributed by atoms with Gasteiger partial charge in [-0.25, -0.2) is 4.39 Å². The van der Waals surface area contributed by atoms with Gasteiger partial charge in [0.2, 0.25) is 0 Å². The molecule has 0 radical (unpaired) electrons. The molecule has 0 aliphatic rings. The van der Waals surface area contributed by atoms with Crippen LogP contribution >= 0.6 is 12.2 Å². The predicted octanol–water partition coefficient (Wildman–Crippen LogP) is 2.45. The van der Waals surface area contributed by atoms with E-state index in [-0.39, 0.29) is 10.5 Å². The molecule has 54 valence electrons. The minimum Gasteiger partial charge on any atom is -0.350 e. The van der Waals surface area contributed by atoms with Gasteiger partial charge in [-0.2, -0.15) is 0 Å². The van der Waals surface area contributed by atoms with Crippen LogP contribution in [0.4, 0.5) is 4.39 Å². The summed E-state index contributed by atoms with van der Waals surface area (Å²) in [4.78, 5) is 2.66. The third kappa shape index (κ3) is 1.42. The second kappa shape index (κ2) is 2.92. The Morgan fingerprint density at radius 3 is 2.90 bits per heavy atom. The Morgan fingerprint density at radius 2 is 2.40 bits per heavy atom. The van der Waals surface area contributed by atoms with Gasteiger partial charge in [0.1, 0.15) is 4.64 Å². The molecule has 0 aliphatic carbocycles. The predicted molar refractivity (Wildman–Crippen MR) is 41.0 cm³/mol.